The SMILES string of the molecule is CC1(C)C(=O)C(C#N)=C[C@]2(C)C3=CC(=O)[C@@H]4[C@@H]5C[C@@](C)(C(=O)NN)CC[C@]5(C)CC[C@@]4(C)[C@]3(C)CC[C@@H]12. The molecule has 6 heteroatoms. The third-order valence-corrected chi connectivity index (χ3v) is 12.7. The smallest absolute Gasteiger partial charge is 0.239 e. The highest BCUT2D eigenvalue weighted by molar-refractivity contribution is 6.04. The van der Waals surface area contributed by atoms with Crippen LogP contribution in [-0.2, 0) is 14.4 Å². The second kappa shape index (κ2) is 7.65. The molecule has 0 radical (unpaired) electrons. The van der Waals surface area contributed by atoms with Gasteiger partial charge in [-0.05, 0) is 79.1 Å². The number of amides is 1. The molecule has 6 nitrogen and oxygen atoms in total. The zero-order valence-electron chi connectivity index (χ0n) is 23.6. The minimum atomic E-state index is -0.663. The van der Waals surface area contributed by atoms with Crippen LogP contribution in [0.25, 0.3) is 0 Å². The molecule has 0 aliphatic heterocycles. The van der Waals surface area contributed by atoms with Crippen LogP contribution < -0.4 is 11.3 Å². The molecule has 3 N–H and O–H groups in total. The highest BCUT2D eigenvalue weighted by atomic mass is 16.2. The maximum atomic E-state index is 14.3. The second-order valence-electron chi connectivity index (χ2n) is 14.8. The van der Waals surface area contributed by atoms with Crippen LogP contribution in [0.1, 0.15) is 93.4 Å². The quantitative estimate of drug-likeness (QED) is 0.289. The zero-order chi connectivity index (χ0) is 27.4. The van der Waals surface area contributed by atoms with Crippen LogP contribution >= 0.6 is 0 Å². The van der Waals surface area contributed by atoms with Gasteiger partial charge in [0.15, 0.2) is 11.6 Å². The van der Waals surface area contributed by atoms with Gasteiger partial charge in [-0.1, -0.05) is 60.1 Å². The molecule has 5 rings (SSSR count). The Morgan fingerprint density at radius 2 is 1.68 bits per heavy atom. The van der Waals surface area contributed by atoms with Gasteiger partial charge in [0.05, 0.1) is 5.57 Å². The highest BCUT2D eigenvalue weighted by Gasteiger charge is 2.69. The van der Waals surface area contributed by atoms with Crippen LogP contribution in [0.3, 0.4) is 0 Å². The van der Waals surface area contributed by atoms with Gasteiger partial charge in [0.25, 0.3) is 0 Å². The number of nitriles is 1. The third-order valence-electron chi connectivity index (χ3n) is 12.7. The topological polar surface area (TPSA) is 113 Å². The molecule has 1 amide bonds. The number of nitrogens with two attached hydrogens (primary N) is 1. The van der Waals surface area contributed by atoms with Crippen molar-refractivity contribution in [1.82, 2.24) is 5.43 Å². The summed E-state index contributed by atoms with van der Waals surface area (Å²) in [6, 6.07) is 2.17. The number of carbonyl (C=O) groups is 3. The van der Waals surface area contributed by atoms with Crippen LogP contribution in [0.15, 0.2) is 23.3 Å². The molecule has 0 unspecified atom stereocenters. The summed E-state index contributed by atoms with van der Waals surface area (Å²) in [6.07, 6.45) is 9.95. The first-order valence-electron chi connectivity index (χ1n) is 14.0. The molecule has 0 spiro atoms. The average Bonchev–Trinajstić information content (AvgIpc) is 2.83. The predicted molar refractivity (Wildman–Crippen MR) is 141 cm³/mol. The zero-order valence-corrected chi connectivity index (χ0v) is 23.6. The van der Waals surface area contributed by atoms with Crippen LogP contribution in [0.5, 0.6) is 0 Å². The summed E-state index contributed by atoms with van der Waals surface area (Å²) in [5.41, 5.74) is 1.46. The number of hydrazine groups is 1. The van der Waals surface area contributed by atoms with Gasteiger partial charge in [0.1, 0.15) is 6.07 Å². The normalized spacial score (nSPS) is 48.2. The average molecular weight is 506 g/mol. The van der Waals surface area contributed by atoms with Gasteiger partial charge in [0, 0.05) is 22.2 Å². The Morgan fingerprint density at radius 3 is 2.30 bits per heavy atom. The van der Waals surface area contributed by atoms with Crippen LogP contribution in [0, 0.1) is 61.6 Å². The van der Waals surface area contributed by atoms with Gasteiger partial charge in [0.2, 0.25) is 5.91 Å². The monoisotopic (exact) mass is 505 g/mol. The molecule has 0 aromatic carbocycles. The van der Waals surface area contributed by atoms with Crippen molar-refractivity contribution in [1.29, 1.82) is 5.26 Å². The Morgan fingerprint density at radius 1 is 1.03 bits per heavy atom. The number of nitrogens with zero attached hydrogens (tertiary/aromatic N) is 1. The van der Waals surface area contributed by atoms with Gasteiger partial charge in [-0.15, -0.1) is 0 Å². The van der Waals surface area contributed by atoms with Crippen molar-refractivity contribution in [2.45, 2.75) is 93.4 Å². The largest absolute Gasteiger partial charge is 0.295 e. The van der Waals surface area contributed by atoms with Gasteiger partial charge >= 0.3 is 0 Å². The Kier molecular flexibility index (Phi) is 5.45. The molecule has 5 aliphatic rings. The maximum absolute atomic E-state index is 14.3. The molecule has 0 bridgehead atoms. The fraction of sp³-hybridized carbons (Fsp3) is 0.742. The summed E-state index contributed by atoms with van der Waals surface area (Å²) in [6.45, 7) is 15.1. The molecule has 0 aromatic heterocycles. The van der Waals surface area contributed by atoms with Crippen molar-refractivity contribution in [3.8, 4) is 6.07 Å². The number of rotatable bonds is 1. The summed E-state index contributed by atoms with van der Waals surface area (Å²) in [4.78, 5) is 40.3. The van der Waals surface area contributed by atoms with Crippen molar-refractivity contribution < 1.29 is 14.4 Å². The molecule has 5 aliphatic carbocycles. The number of fused-ring (bicyclic) bond motifs is 7. The number of ketones is 2. The van der Waals surface area contributed by atoms with Gasteiger partial charge in [-0.3, -0.25) is 19.8 Å². The summed E-state index contributed by atoms with van der Waals surface area (Å²) in [7, 11) is 0. The van der Waals surface area contributed by atoms with E-state index < -0.39 is 16.2 Å². The number of hydrogen-bond donors (Lipinski definition) is 2. The number of Topliss-reactive ketones (excluding diaryl/α,β-unsaturated/α-hetero) is 1. The fourth-order valence-corrected chi connectivity index (χ4v) is 10.1. The molecule has 3 saturated carbocycles. The van der Waals surface area contributed by atoms with E-state index in [1.807, 2.05) is 32.9 Å². The lowest BCUT2D eigenvalue weighted by atomic mass is 9.34. The Hall–Kier alpha value is -2.26. The van der Waals surface area contributed by atoms with Crippen molar-refractivity contribution in [3.63, 3.8) is 0 Å². The Bertz CT molecular complexity index is 1210. The standard InChI is InChI=1S/C31H43N3O3/c1-26(2)21-8-9-30(6)22(29(21,5)15-18(17-32)24(26)36)14-20(35)23-19-16-28(4,25(37)34-33)11-10-27(19,3)12-13-31(23,30)7/h14-15,19,21,23H,8-13,16,33H2,1-7H3,(H,34,37)/t19-,21-,23-,27+,28-,29-,30+,31+/m0/s1. The number of hydrogen-bond acceptors (Lipinski definition) is 5. The molecule has 0 saturated heterocycles. The highest BCUT2D eigenvalue weighted by Crippen LogP contribution is 2.74. The molecule has 3 fully saturated rings. The van der Waals surface area contributed by atoms with E-state index in [4.69, 9.17) is 5.84 Å². The first-order chi connectivity index (χ1) is 17.0. The predicted octanol–water partition coefficient (Wildman–Crippen LogP) is 5.20. The molecule has 37 heavy (non-hydrogen) atoms. The molecule has 8 atom stereocenters. The summed E-state index contributed by atoms with van der Waals surface area (Å²) < 4.78 is 0. The Labute approximate surface area is 221 Å². The van der Waals surface area contributed by atoms with E-state index in [-0.39, 0.29) is 57.0 Å². The molecular formula is C31H43N3O3. The van der Waals surface area contributed by atoms with E-state index in [2.05, 4.69) is 39.2 Å². The minimum Gasteiger partial charge on any atom is -0.295 e. The molecule has 200 valence electrons. The van der Waals surface area contributed by atoms with E-state index in [1.165, 1.54) is 0 Å². The summed E-state index contributed by atoms with van der Waals surface area (Å²) in [5, 5.41) is 9.85. The van der Waals surface area contributed by atoms with Crippen molar-refractivity contribution >= 4 is 17.5 Å². The molecule has 0 aromatic rings. The van der Waals surface area contributed by atoms with E-state index in [1.54, 1.807) is 0 Å². The molecular weight excluding hydrogens is 462 g/mol. The van der Waals surface area contributed by atoms with Crippen LogP contribution in [0.2, 0.25) is 0 Å². The van der Waals surface area contributed by atoms with Crippen LogP contribution in [-0.4, -0.2) is 17.5 Å². The molecule has 0 heterocycles. The maximum Gasteiger partial charge on any atom is 0.239 e. The van der Waals surface area contributed by atoms with E-state index in [0.29, 0.717) is 6.42 Å². The number of nitrogens with one attached hydrogen (secondary N) is 1. The van der Waals surface area contributed by atoms with Gasteiger partial charge in [-0.25, -0.2) is 5.84 Å². The number of allylic oxidation sites excluding steroid dienone is 4. The van der Waals surface area contributed by atoms with Gasteiger partial charge < -0.3 is 0 Å². The van der Waals surface area contributed by atoms with Crippen LogP contribution in [0.4, 0.5) is 0 Å². The fourth-order valence-electron chi connectivity index (χ4n) is 10.1. The lowest BCUT2D eigenvalue weighted by molar-refractivity contribution is -0.172. The number of carbonyl (C=O) groups excluding carboxylic acids is 3. The van der Waals surface area contributed by atoms with E-state index in [0.717, 1.165) is 44.1 Å². The minimum absolute atomic E-state index is 0.0180. The summed E-state index contributed by atoms with van der Waals surface area (Å²) >= 11 is 0. The second-order valence-corrected chi connectivity index (χ2v) is 14.8. The lowest BCUT2D eigenvalue weighted by Crippen LogP contribution is -2.65. The third kappa shape index (κ3) is 3.10. The van der Waals surface area contributed by atoms with E-state index in [9.17, 15) is 19.6 Å². The van der Waals surface area contributed by atoms with Crippen molar-refractivity contribution in [2.24, 2.45) is 56.1 Å². The Balaban J connectivity index is 1.67. The van der Waals surface area contributed by atoms with Gasteiger partial charge in [-0.2, -0.15) is 5.26 Å². The van der Waals surface area contributed by atoms with E-state index >= 15 is 0 Å². The first kappa shape index (κ1) is 26.4. The van der Waals surface area contributed by atoms with Crippen molar-refractivity contribution in [2.75, 3.05) is 0 Å². The van der Waals surface area contributed by atoms with Crippen molar-refractivity contribution in [3.05, 3.63) is 23.3 Å². The first-order valence-corrected chi connectivity index (χ1v) is 14.0. The lowest BCUT2D eigenvalue weighted by Gasteiger charge is -2.69. The summed E-state index contributed by atoms with van der Waals surface area (Å²) in [5.74, 6) is 5.50.